The number of likely N-dealkylation sites (N-methyl/N-ethyl adjacent to an activating group) is 1. The van der Waals surface area contributed by atoms with Gasteiger partial charge in [-0.25, -0.2) is 0 Å². The molecule has 0 spiro atoms. The molecule has 11 heavy (non-hydrogen) atoms. The Kier molecular flexibility index (Phi) is 4.30. The zero-order valence-electron chi connectivity index (χ0n) is 7.58. The second-order valence-electron chi connectivity index (χ2n) is 3.49. The average Bonchev–Trinajstić information content (AvgIpc) is 1.87. The Morgan fingerprint density at radius 2 is 2.09 bits per heavy atom. The molecule has 0 rings (SSSR count). The summed E-state index contributed by atoms with van der Waals surface area (Å²) in [5.74, 6) is 0. The molecule has 0 fully saturated rings. The SMILES string of the molecule is CC[N+](C)(C)C[C@H](O)CC=O. The number of quaternary nitrogens is 1. The molecular weight excluding hydrogens is 142 g/mol. The summed E-state index contributed by atoms with van der Waals surface area (Å²) >= 11 is 0. The molecule has 0 heterocycles. The number of hydrogen-bond donors (Lipinski definition) is 1. The van der Waals surface area contributed by atoms with E-state index in [9.17, 15) is 9.90 Å². The number of aldehydes is 1. The molecule has 0 radical (unpaired) electrons. The van der Waals surface area contributed by atoms with E-state index in [0.717, 1.165) is 17.3 Å². The highest BCUT2D eigenvalue weighted by atomic mass is 16.3. The van der Waals surface area contributed by atoms with Gasteiger partial charge in [0.05, 0.1) is 20.6 Å². The number of aliphatic hydroxyl groups is 1. The highest BCUT2D eigenvalue weighted by Gasteiger charge is 2.17. The summed E-state index contributed by atoms with van der Waals surface area (Å²) in [6.45, 7) is 3.68. The molecule has 0 amide bonds. The van der Waals surface area contributed by atoms with Crippen LogP contribution in [0.4, 0.5) is 0 Å². The molecule has 0 bridgehead atoms. The lowest BCUT2D eigenvalue weighted by molar-refractivity contribution is -0.891. The van der Waals surface area contributed by atoms with Gasteiger partial charge < -0.3 is 14.4 Å². The topological polar surface area (TPSA) is 37.3 Å². The van der Waals surface area contributed by atoms with Crippen molar-refractivity contribution in [1.29, 1.82) is 0 Å². The summed E-state index contributed by atoms with van der Waals surface area (Å²) < 4.78 is 0.759. The molecule has 0 aliphatic carbocycles. The van der Waals surface area contributed by atoms with Gasteiger partial charge in [0.25, 0.3) is 0 Å². The third-order valence-corrected chi connectivity index (χ3v) is 1.93. The molecule has 1 atom stereocenters. The number of rotatable bonds is 5. The molecule has 0 aliphatic rings. The number of carbonyl (C=O) groups is 1. The smallest absolute Gasteiger partial charge is 0.122 e. The van der Waals surface area contributed by atoms with Crippen LogP contribution in [0.2, 0.25) is 0 Å². The maximum atomic E-state index is 10.0. The van der Waals surface area contributed by atoms with Gasteiger partial charge in [0, 0.05) is 6.42 Å². The number of hydrogen-bond acceptors (Lipinski definition) is 2. The minimum absolute atomic E-state index is 0.252. The Morgan fingerprint density at radius 3 is 2.45 bits per heavy atom. The zero-order chi connectivity index (χ0) is 8.91. The molecule has 0 saturated heterocycles. The van der Waals surface area contributed by atoms with Gasteiger partial charge in [0.15, 0.2) is 0 Å². The number of aliphatic hydroxyl groups excluding tert-OH is 1. The molecule has 0 aromatic rings. The van der Waals surface area contributed by atoms with Gasteiger partial charge >= 0.3 is 0 Å². The van der Waals surface area contributed by atoms with Crippen LogP contribution in [0.1, 0.15) is 13.3 Å². The van der Waals surface area contributed by atoms with Gasteiger partial charge in [0.1, 0.15) is 18.9 Å². The van der Waals surface area contributed by atoms with E-state index in [-0.39, 0.29) is 6.42 Å². The summed E-state index contributed by atoms with van der Waals surface area (Å²) in [5, 5.41) is 9.27. The lowest BCUT2D eigenvalue weighted by Gasteiger charge is -2.29. The van der Waals surface area contributed by atoms with E-state index in [4.69, 9.17) is 0 Å². The van der Waals surface area contributed by atoms with E-state index in [1.165, 1.54) is 0 Å². The second-order valence-corrected chi connectivity index (χ2v) is 3.49. The largest absolute Gasteiger partial charge is 0.387 e. The predicted molar refractivity (Wildman–Crippen MR) is 44.2 cm³/mol. The van der Waals surface area contributed by atoms with E-state index in [2.05, 4.69) is 6.92 Å². The first-order valence-electron chi connectivity index (χ1n) is 3.95. The first kappa shape index (κ1) is 10.6. The van der Waals surface area contributed by atoms with Gasteiger partial charge in [-0.2, -0.15) is 0 Å². The fourth-order valence-electron chi connectivity index (χ4n) is 0.885. The van der Waals surface area contributed by atoms with Crippen molar-refractivity contribution in [3.05, 3.63) is 0 Å². The van der Waals surface area contributed by atoms with Gasteiger partial charge in [-0.1, -0.05) is 0 Å². The quantitative estimate of drug-likeness (QED) is 0.455. The van der Waals surface area contributed by atoms with Gasteiger partial charge in [-0.15, -0.1) is 0 Å². The molecule has 3 nitrogen and oxygen atoms in total. The summed E-state index contributed by atoms with van der Waals surface area (Å²) in [6.07, 6.45) is 0.532. The van der Waals surface area contributed by atoms with Crippen molar-refractivity contribution in [1.82, 2.24) is 0 Å². The van der Waals surface area contributed by atoms with Crippen LogP contribution in [0.5, 0.6) is 0 Å². The van der Waals surface area contributed by atoms with Crippen molar-refractivity contribution in [2.75, 3.05) is 27.2 Å². The third-order valence-electron chi connectivity index (χ3n) is 1.93. The van der Waals surface area contributed by atoms with Gasteiger partial charge in [-0.05, 0) is 6.92 Å². The Bertz CT molecular complexity index is 123. The molecule has 0 saturated carbocycles. The van der Waals surface area contributed by atoms with Crippen molar-refractivity contribution < 1.29 is 14.4 Å². The first-order valence-corrected chi connectivity index (χ1v) is 3.95. The monoisotopic (exact) mass is 160 g/mol. The standard InChI is InChI=1S/C8H18NO2/c1-4-9(2,3)7-8(11)5-6-10/h6,8,11H,4-5,7H2,1-3H3/q+1/t8-/m1/s1. The van der Waals surface area contributed by atoms with Crippen LogP contribution in [-0.4, -0.2) is 49.2 Å². The maximum Gasteiger partial charge on any atom is 0.122 e. The Labute approximate surface area is 68.2 Å². The van der Waals surface area contributed by atoms with Crippen molar-refractivity contribution >= 4 is 6.29 Å². The minimum Gasteiger partial charge on any atom is -0.387 e. The zero-order valence-corrected chi connectivity index (χ0v) is 7.58. The summed E-state index contributed by atoms with van der Waals surface area (Å²) in [6, 6.07) is 0. The van der Waals surface area contributed by atoms with Gasteiger partial charge in [-0.3, -0.25) is 0 Å². The molecule has 0 aromatic heterocycles. The van der Waals surface area contributed by atoms with Crippen LogP contribution in [0.3, 0.4) is 0 Å². The molecule has 0 unspecified atom stereocenters. The fraction of sp³-hybridized carbons (Fsp3) is 0.875. The van der Waals surface area contributed by atoms with Crippen molar-refractivity contribution in [3.63, 3.8) is 0 Å². The third kappa shape index (κ3) is 4.93. The Hall–Kier alpha value is -0.410. The normalized spacial score (nSPS) is 14.5. The highest BCUT2D eigenvalue weighted by molar-refractivity contribution is 5.49. The summed E-state index contributed by atoms with van der Waals surface area (Å²) in [5.41, 5.74) is 0. The summed E-state index contributed by atoms with van der Waals surface area (Å²) in [4.78, 5) is 10.0. The molecule has 0 aliphatic heterocycles. The van der Waals surface area contributed by atoms with E-state index < -0.39 is 6.10 Å². The van der Waals surface area contributed by atoms with Crippen LogP contribution in [0.15, 0.2) is 0 Å². The lowest BCUT2D eigenvalue weighted by Crippen LogP contribution is -2.45. The Morgan fingerprint density at radius 1 is 1.55 bits per heavy atom. The predicted octanol–water partition coefficient (Wildman–Crippen LogP) is 0.0326. The van der Waals surface area contributed by atoms with Crippen LogP contribution < -0.4 is 0 Å². The summed E-state index contributed by atoms with van der Waals surface area (Å²) in [7, 11) is 4.07. The van der Waals surface area contributed by atoms with Gasteiger partial charge in [0.2, 0.25) is 0 Å². The minimum atomic E-state index is -0.484. The molecule has 1 N–H and O–H groups in total. The van der Waals surface area contributed by atoms with Crippen molar-refractivity contribution in [3.8, 4) is 0 Å². The van der Waals surface area contributed by atoms with Crippen LogP contribution in [-0.2, 0) is 4.79 Å². The van der Waals surface area contributed by atoms with Crippen LogP contribution in [0, 0.1) is 0 Å². The second kappa shape index (κ2) is 4.46. The first-order chi connectivity index (χ1) is 5.02. The van der Waals surface area contributed by atoms with Crippen molar-refractivity contribution in [2.24, 2.45) is 0 Å². The van der Waals surface area contributed by atoms with E-state index in [0.29, 0.717) is 6.54 Å². The average molecular weight is 160 g/mol. The molecule has 66 valence electrons. The van der Waals surface area contributed by atoms with E-state index in [1.807, 2.05) is 14.1 Å². The Balaban J connectivity index is 3.72. The maximum absolute atomic E-state index is 10.0. The van der Waals surface area contributed by atoms with Crippen molar-refractivity contribution in [2.45, 2.75) is 19.4 Å². The molecule has 3 heteroatoms. The van der Waals surface area contributed by atoms with Crippen LogP contribution >= 0.6 is 0 Å². The number of carbonyl (C=O) groups excluding carboxylic acids is 1. The van der Waals surface area contributed by atoms with Crippen LogP contribution in [0.25, 0.3) is 0 Å². The molecular formula is C8H18NO2+. The van der Waals surface area contributed by atoms with E-state index >= 15 is 0 Å². The fourth-order valence-corrected chi connectivity index (χ4v) is 0.885. The number of nitrogens with zero attached hydrogens (tertiary/aromatic N) is 1. The van der Waals surface area contributed by atoms with E-state index in [1.54, 1.807) is 0 Å². The molecule has 0 aromatic carbocycles. The highest BCUT2D eigenvalue weighted by Crippen LogP contribution is 2.00. The lowest BCUT2D eigenvalue weighted by atomic mass is 10.2.